The molecule has 0 saturated heterocycles. The molecule has 90 valence electrons. The molecule has 1 atom stereocenters. The van der Waals surface area contributed by atoms with Gasteiger partial charge in [-0.2, -0.15) is 0 Å². The van der Waals surface area contributed by atoms with Crippen LogP contribution in [0.2, 0.25) is 0 Å². The summed E-state index contributed by atoms with van der Waals surface area (Å²) in [5.41, 5.74) is 2.52. The number of dihydropyridines is 1. The van der Waals surface area contributed by atoms with Crippen molar-refractivity contribution < 1.29 is 4.79 Å². The van der Waals surface area contributed by atoms with Gasteiger partial charge in [-0.1, -0.05) is 28.1 Å². The molecule has 3 nitrogen and oxygen atoms in total. The smallest absolute Gasteiger partial charge is 0.256 e. The van der Waals surface area contributed by atoms with Crippen LogP contribution in [0.15, 0.2) is 53.2 Å². The van der Waals surface area contributed by atoms with E-state index in [-0.39, 0.29) is 11.9 Å². The number of allylic oxidation sites excluding steroid dienone is 2. The van der Waals surface area contributed by atoms with Crippen LogP contribution in [0.3, 0.4) is 0 Å². The SMILES string of the molecule is O=C1Nc2ccc(Br)cc2/C1=C\C1C=CC=CN1. The van der Waals surface area contributed by atoms with Crippen LogP contribution in [0.1, 0.15) is 5.56 Å². The number of rotatable bonds is 1. The lowest BCUT2D eigenvalue weighted by molar-refractivity contribution is -0.110. The molecule has 2 heterocycles. The predicted octanol–water partition coefficient (Wildman–Crippen LogP) is 2.83. The van der Waals surface area contributed by atoms with E-state index in [0.717, 1.165) is 15.7 Å². The highest BCUT2D eigenvalue weighted by Crippen LogP contribution is 2.34. The molecule has 1 amide bonds. The van der Waals surface area contributed by atoms with Crippen LogP contribution in [0.25, 0.3) is 5.57 Å². The molecule has 2 aliphatic rings. The summed E-state index contributed by atoms with van der Waals surface area (Å²) < 4.78 is 0.968. The molecule has 0 fully saturated rings. The maximum absolute atomic E-state index is 12.0. The van der Waals surface area contributed by atoms with Gasteiger partial charge in [0.15, 0.2) is 0 Å². The molecule has 1 unspecified atom stereocenters. The Morgan fingerprint density at radius 1 is 1.28 bits per heavy atom. The quantitative estimate of drug-likeness (QED) is 0.783. The molecular weight excluding hydrogens is 292 g/mol. The van der Waals surface area contributed by atoms with Gasteiger partial charge >= 0.3 is 0 Å². The monoisotopic (exact) mass is 302 g/mol. The second-order valence-corrected chi connectivity index (χ2v) is 5.08. The second kappa shape index (κ2) is 4.46. The summed E-state index contributed by atoms with van der Waals surface area (Å²) in [5.74, 6) is -0.0483. The van der Waals surface area contributed by atoms with Crippen molar-refractivity contribution >= 4 is 33.1 Å². The number of amides is 1. The fraction of sp³-hybridized carbons (Fsp3) is 0.0714. The minimum atomic E-state index is -0.0483. The third-order valence-corrected chi connectivity index (χ3v) is 3.42. The maximum atomic E-state index is 12.0. The average Bonchev–Trinajstić information content (AvgIpc) is 2.67. The molecule has 4 heteroatoms. The zero-order chi connectivity index (χ0) is 12.5. The van der Waals surface area contributed by atoms with Crippen molar-refractivity contribution in [3.05, 3.63) is 58.7 Å². The van der Waals surface area contributed by atoms with Gasteiger partial charge in [-0.15, -0.1) is 0 Å². The largest absolute Gasteiger partial charge is 0.381 e. The van der Waals surface area contributed by atoms with Crippen LogP contribution in [0, 0.1) is 0 Å². The highest BCUT2D eigenvalue weighted by atomic mass is 79.9. The van der Waals surface area contributed by atoms with Crippen molar-refractivity contribution in [3.63, 3.8) is 0 Å². The minimum Gasteiger partial charge on any atom is -0.381 e. The molecule has 2 N–H and O–H groups in total. The van der Waals surface area contributed by atoms with Crippen LogP contribution in [-0.4, -0.2) is 11.9 Å². The number of carbonyl (C=O) groups is 1. The molecule has 2 aliphatic heterocycles. The lowest BCUT2D eigenvalue weighted by Crippen LogP contribution is -2.22. The molecule has 0 saturated carbocycles. The first-order valence-corrected chi connectivity index (χ1v) is 6.46. The van der Waals surface area contributed by atoms with Gasteiger partial charge in [0.25, 0.3) is 5.91 Å². The van der Waals surface area contributed by atoms with E-state index in [0.29, 0.717) is 5.57 Å². The molecule has 1 aromatic carbocycles. The highest BCUT2D eigenvalue weighted by molar-refractivity contribution is 9.10. The van der Waals surface area contributed by atoms with E-state index in [1.54, 1.807) is 0 Å². The molecule has 0 aliphatic carbocycles. The molecule has 18 heavy (non-hydrogen) atoms. The number of halogens is 1. The van der Waals surface area contributed by atoms with Crippen molar-refractivity contribution in [3.8, 4) is 0 Å². The third-order valence-electron chi connectivity index (χ3n) is 2.93. The Morgan fingerprint density at radius 2 is 2.17 bits per heavy atom. The van der Waals surface area contributed by atoms with E-state index in [4.69, 9.17) is 0 Å². The van der Waals surface area contributed by atoms with Gasteiger partial charge in [0.2, 0.25) is 0 Å². The number of hydrogen-bond donors (Lipinski definition) is 2. The lowest BCUT2D eigenvalue weighted by Gasteiger charge is -2.12. The van der Waals surface area contributed by atoms with Gasteiger partial charge in [0.1, 0.15) is 0 Å². The van der Waals surface area contributed by atoms with Crippen molar-refractivity contribution in [1.29, 1.82) is 0 Å². The first kappa shape index (κ1) is 11.3. The Morgan fingerprint density at radius 3 is 2.94 bits per heavy atom. The van der Waals surface area contributed by atoms with Crippen molar-refractivity contribution in [2.45, 2.75) is 6.04 Å². The summed E-state index contributed by atoms with van der Waals surface area (Å²) in [6, 6.07) is 5.84. The first-order chi connectivity index (χ1) is 8.74. The Hall–Kier alpha value is -1.81. The second-order valence-electron chi connectivity index (χ2n) is 4.16. The minimum absolute atomic E-state index is 0.0483. The number of nitrogens with one attached hydrogen (secondary N) is 2. The standard InChI is InChI=1S/C14H11BrN2O/c15-9-4-5-13-11(7-9)12(14(18)17-13)8-10-3-1-2-6-16-10/h1-8,10,16H,(H,17,18)/b12-8+. The van der Waals surface area contributed by atoms with E-state index < -0.39 is 0 Å². The number of fused-ring (bicyclic) bond motifs is 1. The lowest BCUT2D eigenvalue weighted by atomic mass is 10.0. The first-order valence-electron chi connectivity index (χ1n) is 5.66. The fourth-order valence-electron chi connectivity index (χ4n) is 2.07. The van der Waals surface area contributed by atoms with Gasteiger partial charge in [-0.3, -0.25) is 4.79 Å². The van der Waals surface area contributed by atoms with Gasteiger partial charge in [-0.25, -0.2) is 0 Å². The van der Waals surface area contributed by atoms with Crippen molar-refractivity contribution in [2.24, 2.45) is 0 Å². The van der Waals surface area contributed by atoms with Crippen LogP contribution >= 0.6 is 15.9 Å². The number of carbonyl (C=O) groups excluding carboxylic acids is 1. The van der Waals surface area contributed by atoms with Crippen molar-refractivity contribution in [2.75, 3.05) is 5.32 Å². The Bertz CT molecular complexity index is 602. The summed E-state index contributed by atoms with van der Waals surface area (Å²) in [7, 11) is 0. The summed E-state index contributed by atoms with van der Waals surface area (Å²) in [5, 5.41) is 6.04. The number of anilines is 1. The fourth-order valence-corrected chi connectivity index (χ4v) is 2.43. The van der Waals surface area contributed by atoms with Gasteiger partial charge < -0.3 is 10.6 Å². The van der Waals surface area contributed by atoms with Crippen molar-refractivity contribution in [1.82, 2.24) is 5.32 Å². The zero-order valence-electron chi connectivity index (χ0n) is 9.48. The molecule has 0 aromatic heterocycles. The van der Waals surface area contributed by atoms with Gasteiger partial charge in [0, 0.05) is 21.3 Å². The molecule has 0 radical (unpaired) electrons. The number of hydrogen-bond acceptors (Lipinski definition) is 2. The molecular formula is C14H11BrN2O. The van der Waals surface area contributed by atoms with Gasteiger partial charge in [-0.05, 0) is 36.6 Å². The van der Waals surface area contributed by atoms with Crippen LogP contribution in [0.5, 0.6) is 0 Å². The van der Waals surface area contributed by atoms with E-state index in [9.17, 15) is 4.79 Å². The number of benzene rings is 1. The topological polar surface area (TPSA) is 41.1 Å². The molecule has 0 bridgehead atoms. The van der Waals surface area contributed by atoms with E-state index in [1.165, 1.54) is 0 Å². The Labute approximate surface area is 113 Å². The van der Waals surface area contributed by atoms with Crippen LogP contribution in [-0.2, 0) is 4.79 Å². The molecule has 3 rings (SSSR count). The zero-order valence-corrected chi connectivity index (χ0v) is 11.1. The molecule has 1 aromatic rings. The molecule has 0 spiro atoms. The summed E-state index contributed by atoms with van der Waals surface area (Å²) in [6.45, 7) is 0. The Balaban J connectivity index is 2.00. The third kappa shape index (κ3) is 1.99. The normalized spacial score (nSPS) is 22.8. The van der Waals surface area contributed by atoms with Crippen LogP contribution in [0.4, 0.5) is 5.69 Å². The Kier molecular flexibility index (Phi) is 2.80. The summed E-state index contributed by atoms with van der Waals surface area (Å²) in [4.78, 5) is 12.0. The maximum Gasteiger partial charge on any atom is 0.256 e. The predicted molar refractivity (Wildman–Crippen MR) is 76.0 cm³/mol. The van der Waals surface area contributed by atoms with E-state index in [1.807, 2.05) is 48.7 Å². The summed E-state index contributed by atoms with van der Waals surface area (Å²) >= 11 is 3.43. The summed E-state index contributed by atoms with van der Waals surface area (Å²) in [6.07, 6.45) is 9.71. The van der Waals surface area contributed by atoms with E-state index in [2.05, 4.69) is 26.6 Å². The van der Waals surface area contributed by atoms with Crippen LogP contribution < -0.4 is 10.6 Å². The van der Waals surface area contributed by atoms with E-state index >= 15 is 0 Å². The average molecular weight is 303 g/mol. The highest BCUT2D eigenvalue weighted by Gasteiger charge is 2.24. The van der Waals surface area contributed by atoms with Gasteiger partial charge in [0.05, 0.1) is 6.04 Å².